The molecular weight excluding hydrogens is 252 g/mol. The molecule has 14 heavy (non-hydrogen) atoms. The topological polar surface area (TPSA) is 53.4 Å². The Balaban J connectivity index is 2.37. The molecule has 2 rings (SSSR count). The van der Waals surface area contributed by atoms with Crippen LogP contribution in [0.15, 0.2) is 18.5 Å². The molecule has 1 atom stereocenters. The summed E-state index contributed by atoms with van der Waals surface area (Å²) in [5.74, 6) is -0.477. The number of carbonyl (C=O) groups is 1. The molecule has 5 nitrogen and oxygen atoms in total. The van der Waals surface area contributed by atoms with Crippen LogP contribution >= 0.6 is 15.9 Å². The Hall–Kier alpha value is -1.30. The molecule has 6 heteroatoms. The van der Waals surface area contributed by atoms with Crippen molar-refractivity contribution >= 4 is 21.9 Å². The molecule has 0 aromatic carbocycles. The predicted molar refractivity (Wildman–Crippen MR) is 51.3 cm³/mol. The summed E-state index contributed by atoms with van der Waals surface area (Å²) in [6.07, 6.45) is 4.88. The number of ether oxygens (including phenoxy) is 2. The Labute approximate surface area is 88.5 Å². The van der Waals surface area contributed by atoms with Crippen LogP contribution in [0.5, 0.6) is 6.01 Å². The van der Waals surface area contributed by atoms with Gasteiger partial charge in [0.25, 0.3) is 0 Å². The molecule has 0 fully saturated rings. The monoisotopic (exact) mass is 258 g/mol. The molecule has 0 bridgehead atoms. The average Bonchev–Trinajstić information content (AvgIpc) is 2.62. The highest BCUT2D eigenvalue weighted by Gasteiger charge is 2.20. The summed E-state index contributed by atoms with van der Waals surface area (Å²) < 4.78 is 11.3. The Bertz CT molecular complexity index is 399. The predicted octanol–water partition coefficient (Wildman–Crippen LogP) is 1.47. The quantitative estimate of drug-likeness (QED) is 0.566. The summed E-state index contributed by atoms with van der Waals surface area (Å²) in [6, 6.07) is 0.370. The number of alkyl halides is 1. The lowest BCUT2D eigenvalue weighted by atomic mass is 10.5. The number of hydrogen-bond acceptors (Lipinski definition) is 4. The van der Waals surface area contributed by atoms with Gasteiger partial charge >= 0.3 is 12.0 Å². The van der Waals surface area contributed by atoms with E-state index in [0.717, 1.165) is 0 Å². The smallest absolute Gasteiger partial charge is 0.358 e. The van der Waals surface area contributed by atoms with Crippen molar-refractivity contribution in [3.63, 3.8) is 0 Å². The average molecular weight is 259 g/mol. The number of nitrogens with zero attached hydrogens (tertiary/aromatic N) is 2. The SMILES string of the molecule is COC(=O)c1cn2c(n1)OC=C[C@@H]2Br. The molecule has 0 unspecified atom stereocenters. The van der Waals surface area contributed by atoms with E-state index in [9.17, 15) is 4.79 Å². The number of aromatic nitrogens is 2. The van der Waals surface area contributed by atoms with Crippen molar-refractivity contribution in [1.29, 1.82) is 0 Å². The molecule has 1 aromatic heterocycles. The van der Waals surface area contributed by atoms with Gasteiger partial charge in [-0.15, -0.1) is 0 Å². The number of allylic oxidation sites excluding steroid dienone is 1. The van der Waals surface area contributed by atoms with Crippen molar-refractivity contribution in [3.05, 3.63) is 24.2 Å². The van der Waals surface area contributed by atoms with Crippen LogP contribution < -0.4 is 4.74 Å². The highest BCUT2D eigenvalue weighted by molar-refractivity contribution is 9.09. The lowest BCUT2D eigenvalue weighted by molar-refractivity contribution is 0.0594. The van der Waals surface area contributed by atoms with Gasteiger partial charge in [-0.25, -0.2) is 4.79 Å². The van der Waals surface area contributed by atoms with Gasteiger partial charge < -0.3 is 9.47 Å². The number of methoxy groups -OCH3 is 1. The first-order valence-electron chi connectivity index (χ1n) is 3.87. The number of hydrogen-bond donors (Lipinski definition) is 0. The zero-order valence-electron chi connectivity index (χ0n) is 7.31. The Morgan fingerprint density at radius 3 is 3.21 bits per heavy atom. The lowest BCUT2D eigenvalue weighted by Gasteiger charge is -2.13. The van der Waals surface area contributed by atoms with Gasteiger partial charge in [-0.2, -0.15) is 4.98 Å². The second-order valence-corrected chi connectivity index (χ2v) is 3.56. The van der Waals surface area contributed by atoms with Crippen molar-refractivity contribution in [2.75, 3.05) is 7.11 Å². The fraction of sp³-hybridized carbons (Fsp3) is 0.250. The highest BCUT2D eigenvalue weighted by Crippen LogP contribution is 2.27. The van der Waals surface area contributed by atoms with Crippen molar-refractivity contribution in [3.8, 4) is 6.01 Å². The van der Waals surface area contributed by atoms with Crippen LogP contribution in [0.3, 0.4) is 0 Å². The Morgan fingerprint density at radius 2 is 2.57 bits per heavy atom. The molecule has 0 saturated heterocycles. The Morgan fingerprint density at radius 1 is 1.79 bits per heavy atom. The highest BCUT2D eigenvalue weighted by atomic mass is 79.9. The molecule has 0 radical (unpaired) electrons. The normalized spacial score (nSPS) is 18.6. The van der Waals surface area contributed by atoms with Crippen molar-refractivity contribution < 1.29 is 14.3 Å². The van der Waals surface area contributed by atoms with Crippen molar-refractivity contribution in [2.24, 2.45) is 0 Å². The van der Waals surface area contributed by atoms with E-state index in [1.54, 1.807) is 16.8 Å². The second kappa shape index (κ2) is 3.45. The molecule has 0 saturated carbocycles. The van der Waals surface area contributed by atoms with E-state index in [1.165, 1.54) is 13.4 Å². The third-order valence-electron chi connectivity index (χ3n) is 1.77. The molecular formula is C8H7BrN2O3. The summed E-state index contributed by atoms with van der Waals surface area (Å²) in [5.41, 5.74) is 0.232. The lowest BCUT2D eigenvalue weighted by Crippen LogP contribution is -2.05. The van der Waals surface area contributed by atoms with E-state index in [4.69, 9.17) is 4.74 Å². The molecule has 1 aliphatic rings. The largest absolute Gasteiger partial charge is 0.464 e. The van der Waals surface area contributed by atoms with Gasteiger partial charge in [-0.3, -0.25) is 4.57 Å². The molecule has 1 aliphatic heterocycles. The minimum Gasteiger partial charge on any atom is -0.464 e. The number of imidazole rings is 1. The zero-order chi connectivity index (χ0) is 10.1. The summed E-state index contributed by atoms with van der Waals surface area (Å²) in [4.78, 5) is 15.1. The van der Waals surface area contributed by atoms with Crippen LogP contribution in [0.4, 0.5) is 0 Å². The van der Waals surface area contributed by atoms with Gasteiger partial charge in [0.15, 0.2) is 5.69 Å². The van der Waals surface area contributed by atoms with Gasteiger partial charge in [-0.1, -0.05) is 15.9 Å². The molecule has 0 amide bonds. The summed E-state index contributed by atoms with van der Waals surface area (Å²) in [6.45, 7) is 0. The number of carbonyl (C=O) groups excluding carboxylic acids is 1. The van der Waals surface area contributed by atoms with E-state index in [1.807, 2.05) is 0 Å². The summed E-state index contributed by atoms with van der Waals surface area (Å²) >= 11 is 3.38. The summed E-state index contributed by atoms with van der Waals surface area (Å²) in [7, 11) is 1.31. The third-order valence-corrected chi connectivity index (χ3v) is 2.52. The van der Waals surface area contributed by atoms with E-state index < -0.39 is 5.97 Å². The minimum atomic E-state index is -0.477. The van der Waals surface area contributed by atoms with E-state index >= 15 is 0 Å². The second-order valence-electron chi connectivity index (χ2n) is 2.63. The van der Waals surface area contributed by atoms with Gasteiger partial charge in [0.2, 0.25) is 0 Å². The Kier molecular flexibility index (Phi) is 2.28. The molecule has 74 valence electrons. The van der Waals surface area contributed by atoms with Crippen LogP contribution in [0.1, 0.15) is 15.4 Å². The molecule has 1 aromatic rings. The van der Waals surface area contributed by atoms with Crippen LogP contribution in [0, 0.1) is 0 Å². The van der Waals surface area contributed by atoms with Gasteiger partial charge in [0, 0.05) is 6.20 Å². The maximum atomic E-state index is 11.1. The standard InChI is InChI=1S/C8H7BrN2O3/c1-13-7(12)5-4-11-6(9)2-3-14-8(11)10-5/h2-4,6H,1H3/t6-/m1/s1. The molecule has 0 spiro atoms. The maximum absolute atomic E-state index is 11.1. The maximum Gasteiger partial charge on any atom is 0.358 e. The van der Waals surface area contributed by atoms with Gasteiger partial charge in [0.05, 0.1) is 13.4 Å². The number of rotatable bonds is 1. The number of fused-ring (bicyclic) bond motifs is 1. The fourth-order valence-corrected chi connectivity index (χ4v) is 1.52. The minimum absolute atomic E-state index is 0.0443. The molecule has 2 heterocycles. The van der Waals surface area contributed by atoms with Crippen LogP contribution in [-0.4, -0.2) is 22.6 Å². The van der Waals surface area contributed by atoms with Crippen molar-refractivity contribution in [2.45, 2.75) is 4.95 Å². The number of halogens is 1. The first-order chi connectivity index (χ1) is 6.72. The number of esters is 1. The van der Waals surface area contributed by atoms with E-state index in [0.29, 0.717) is 6.01 Å². The summed E-state index contributed by atoms with van der Waals surface area (Å²) in [5, 5.41) is 0. The first kappa shape index (κ1) is 9.26. The fourth-order valence-electron chi connectivity index (χ4n) is 1.10. The van der Waals surface area contributed by atoms with Crippen LogP contribution in [-0.2, 0) is 4.74 Å². The van der Waals surface area contributed by atoms with Gasteiger partial charge in [0.1, 0.15) is 4.95 Å². The van der Waals surface area contributed by atoms with E-state index in [2.05, 4.69) is 25.7 Å². The van der Waals surface area contributed by atoms with E-state index in [-0.39, 0.29) is 10.6 Å². The molecule has 0 N–H and O–H groups in total. The van der Waals surface area contributed by atoms with Crippen LogP contribution in [0.25, 0.3) is 0 Å². The van der Waals surface area contributed by atoms with Gasteiger partial charge in [-0.05, 0) is 6.08 Å². The first-order valence-corrected chi connectivity index (χ1v) is 4.78. The zero-order valence-corrected chi connectivity index (χ0v) is 8.89. The van der Waals surface area contributed by atoms with Crippen LogP contribution in [0.2, 0.25) is 0 Å². The third kappa shape index (κ3) is 1.41. The molecule has 0 aliphatic carbocycles. The van der Waals surface area contributed by atoms with Crippen molar-refractivity contribution in [1.82, 2.24) is 9.55 Å².